The first-order chi connectivity index (χ1) is 14.1. The fraction of sp³-hybridized carbons (Fsp3) is 0.632. The summed E-state index contributed by atoms with van der Waals surface area (Å²) in [6, 6.07) is 4.01. The molecule has 1 aromatic carbocycles. The van der Waals surface area contributed by atoms with E-state index in [0.29, 0.717) is 5.92 Å². The van der Waals surface area contributed by atoms with E-state index in [9.17, 15) is 22.4 Å². The van der Waals surface area contributed by atoms with Crippen molar-refractivity contribution in [1.29, 1.82) is 0 Å². The molecule has 4 N–H and O–H groups in total. The first kappa shape index (κ1) is 21.6. The van der Waals surface area contributed by atoms with Gasteiger partial charge in [0, 0.05) is 36.8 Å². The molecule has 4 aliphatic rings. The minimum absolute atomic E-state index is 0.0204. The number of alkyl halides is 3. The first-order valence-corrected chi connectivity index (χ1v) is 10.2. The molecule has 1 saturated heterocycles. The smallest absolute Gasteiger partial charge is 0.417 e. The number of amides is 1. The molecular weight excluding hydrogens is 428 g/mol. The van der Waals surface area contributed by atoms with Gasteiger partial charge >= 0.3 is 6.18 Å². The van der Waals surface area contributed by atoms with Crippen LogP contribution in [0.15, 0.2) is 18.2 Å². The minimum atomic E-state index is -4.31. The van der Waals surface area contributed by atoms with Crippen LogP contribution in [-0.2, 0) is 4.79 Å². The molecule has 2 bridgehead atoms. The lowest BCUT2D eigenvalue weighted by Crippen LogP contribution is -2.65. The minimum Gasteiger partial charge on any atom is -0.484 e. The standard InChI is InChI=1S/C19H23ClF4N4O2/c20-13-2-1-12(3-14(13)21)30-9-16(29)28-18-4-10(5-18)15(6-18)27-11-7-25-17(26-8-11)19(22,23)24/h1-3,10-11,15,17,25-27H,4-9H2,(H,28,29)/t10?,11?,15-,17?,18?/m0/s1. The van der Waals surface area contributed by atoms with Crippen LogP contribution in [0.4, 0.5) is 17.6 Å². The van der Waals surface area contributed by atoms with Crippen molar-refractivity contribution in [2.24, 2.45) is 5.92 Å². The van der Waals surface area contributed by atoms with E-state index in [4.69, 9.17) is 16.3 Å². The van der Waals surface area contributed by atoms with E-state index in [1.165, 1.54) is 12.1 Å². The number of carbonyl (C=O) groups is 1. The van der Waals surface area contributed by atoms with Gasteiger partial charge in [-0.2, -0.15) is 13.2 Å². The molecule has 1 atom stereocenters. The van der Waals surface area contributed by atoms with E-state index in [-0.39, 0.29) is 54.0 Å². The zero-order valence-corrected chi connectivity index (χ0v) is 16.7. The van der Waals surface area contributed by atoms with Crippen molar-refractivity contribution in [3.05, 3.63) is 29.0 Å². The van der Waals surface area contributed by atoms with Gasteiger partial charge in [0.15, 0.2) is 12.8 Å². The Labute approximate surface area is 176 Å². The van der Waals surface area contributed by atoms with E-state index < -0.39 is 18.2 Å². The third-order valence-electron chi connectivity index (χ3n) is 6.06. The van der Waals surface area contributed by atoms with Crippen molar-refractivity contribution in [2.45, 2.75) is 49.2 Å². The van der Waals surface area contributed by atoms with E-state index in [1.807, 2.05) is 0 Å². The molecule has 4 fully saturated rings. The van der Waals surface area contributed by atoms with Gasteiger partial charge in [0.2, 0.25) is 0 Å². The second kappa shape index (κ2) is 8.14. The summed E-state index contributed by atoms with van der Waals surface area (Å²) in [6.07, 6.45) is -3.62. The number of carbonyl (C=O) groups excluding carboxylic acids is 1. The van der Waals surface area contributed by atoms with Crippen molar-refractivity contribution >= 4 is 17.5 Å². The summed E-state index contributed by atoms with van der Waals surface area (Å²) in [5.41, 5.74) is -0.307. The quantitative estimate of drug-likeness (QED) is 0.498. The topological polar surface area (TPSA) is 74.4 Å². The Morgan fingerprint density at radius 3 is 2.57 bits per heavy atom. The number of fused-ring (bicyclic) bond motifs is 1. The number of nitrogens with one attached hydrogen (secondary N) is 4. The summed E-state index contributed by atoms with van der Waals surface area (Å²) >= 11 is 5.62. The van der Waals surface area contributed by atoms with Gasteiger partial charge in [-0.3, -0.25) is 15.4 Å². The molecule has 0 aromatic heterocycles. The molecule has 1 aliphatic heterocycles. The van der Waals surface area contributed by atoms with Gasteiger partial charge in [-0.25, -0.2) is 4.39 Å². The van der Waals surface area contributed by atoms with Crippen LogP contribution in [0.25, 0.3) is 0 Å². The van der Waals surface area contributed by atoms with Crippen molar-refractivity contribution < 1.29 is 27.1 Å². The SMILES string of the molecule is O=C(COc1ccc(Cl)c(F)c1)NC12CC(C1)[C@@H](NC1CNC(C(F)(F)F)NC1)C2. The van der Waals surface area contributed by atoms with Crippen LogP contribution in [0.3, 0.4) is 0 Å². The fourth-order valence-corrected chi connectivity index (χ4v) is 4.81. The van der Waals surface area contributed by atoms with Gasteiger partial charge in [-0.15, -0.1) is 0 Å². The lowest BCUT2D eigenvalue weighted by molar-refractivity contribution is -0.167. The molecule has 3 aliphatic carbocycles. The normalized spacial score (nSPS) is 33.1. The average molecular weight is 451 g/mol. The summed E-state index contributed by atoms with van der Waals surface area (Å²) in [5.74, 6) is -0.306. The highest BCUT2D eigenvalue weighted by Crippen LogP contribution is 2.52. The molecule has 1 heterocycles. The lowest BCUT2D eigenvalue weighted by atomic mass is 9.76. The average Bonchev–Trinajstić information content (AvgIpc) is 3.16. The van der Waals surface area contributed by atoms with Crippen LogP contribution < -0.4 is 26.0 Å². The maximum atomic E-state index is 13.4. The number of hydrogen-bond acceptors (Lipinski definition) is 5. The summed E-state index contributed by atoms with van der Waals surface area (Å²) in [4.78, 5) is 12.3. The molecule has 0 spiro atoms. The van der Waals surface area contributed by atoms with Crippen molar-refractivity contribution in [1.82, 2.24) is 21.3 Å². The van der Waals surface area contributed by atoms with Crippen LogP contribution in [-0.4, -0.2) is 55.6 Å². The Morgan fingerprint density at radius 2 is 1.93 bits per heavy atom. The molecule has 1 amide bonds. The molecule has 166 valence electrons. The molecule has 30 heavy (non-hydrogen) atoms. The lowest BCUT2D eigenvalue weighted by Gasteiger charge is -2.39. The highest BCUT2D eigenvalue weighted by Gasteiger charge is 2.57. The fourth-order valence-electron chi connectivity index (χ4n) is 4.69. The Kier molecular flexibility index (Phi) is 5.86. The third-order valence-corrected chi connectivity index (χ3v) is 6.37. The van der Waals surface area contributed by atoms with E-state index in [1.54, 1.807) is 0 Å². The Hall–Kier alpha value is -1.62. The third kappa shape index (κ3) is 4.66. The predicted molar refractivity (Wildman–Crippen MR) is 102 cm³/mol. The van der Waals surface area contributed by atoms with Gasteiger partial charge < -0.3 is 15.4 Å². The molecular formula is C19H23ClF4N4O2. The van der Waals surface area contributed by atoms with Crippen LogP contribution >= 0.6 is 11.6 Å². The first-order valence-electron chi connectivity index (χ1n) is 9.82. The zero-order valence-electron chi connectivity index (χ0n) is 16.0. The molecule has 5 rings (SSSR count). The van der Waals surface area contributed by atoms with Crippen molar-refractivity contribution in [3.63, 3.8) is 0 Å². The second-order valence-corrected chi connectivity index (χ2v) is 8.73. The summed E-state index contributed by atoms with van der Waals surface area (Å²) < 4.78 is 56.9. The van der Waals surface area contributed by atoms with E-state index in [2.05, 4.69) is 21.3 Å². The molecule has 1 aromatic rings. The Morgan fingerprint density at radius 1 is 1.23 bits per heavy atom. The summed E-state index contributed by atoms with van der Waals surface area (Å²) in [6.45, 7) is 0.220. The predicted octanol–water partition coefficient (Wildman–Crippen LogP) is 1.93. The largest absolute Gasteiger partial charge is 0.484 e. The van der Waals surface area contributed by atoms with Crippen LogP contribution in [0.1, 0.15) is 19.3 Å². The van der Waals surface area contributed by atoms with Crippen LogP contribution in [0, 0.1) is 11.7 Å². The van der Waals surface area contributed by atoms with Crippen molar-refractivity contribution in [2.75, 3.05) is 19.7 Å². The van der Waals surface area contributed by atoms with E-state index >= 15 is 0 Å². The van der Waals surface area contributed by atoms with Gasteiger partial charge in [0.05, 0.1) is 5.02 Å². The number of rotatable bonds is 6. The van der Waals surface area contributed by atoms with Crippen molar-refractivity contribution in [3.8, 4) is 5.75 Å². The Balaban J connectivity index is 1.21. The monoisotopic (exact) mass is 450 g/mol. The molecule has 11 heteroatoms. The highest BCUT2D eigenvalue weighted by molar-refractivity contribution is 6.30. The summed E-state index contributed by atoms with van der Waals surface area (Å²) in [7, 11) is 0. The van der Waals surface area contributed by atoms with Gasteiger partial charge in [-0.1, -0.05) is 11.6 Å². The van der Waals surface area contributed by atoms with E-state index in [0.717, 1.165) is 25.3 Å². The number of halogens is 5. The molecule has 0 unspecified atom stereocenters. The molecule has 3 saturated carbocycles. The van der Waals surface area contributed by atoms with Gasteiger partial charge in [0.1, 0.15) is 11.6 Å². The maximum Gasteiger partial charge on any atom is 0.417 e. The van der Waals surface area contributed by atoms with Gasteiger partial charge in [-0.05, 0) is 37.3 Å². The van der Waals surface area contributed by atoms with Crippen LogP contribution in [0.2, 0.25) is 5.02 Å². The maximum absolute atomic E-state index is 13.4. The number of ether oxygens (including phenoxy) is 1. The Bertz CT molecular complexity index is 795. The highest BCUT2D eigenvalue weighted by atomic mass is 35.5. The number of hydrogen-bond donors (Lipinski definition) is 4. The molecule has 6 nitrogen and oxygen atoms in total. The zero-order chi connectivity index (χ0) is 21.5. The second-order valence-electron chi connectivity index (χ2n) is 8.33. The van der Waals surface area contributed by atoms with Gasteiger partial charge in [0.25, 0.3) is 5.91 Å². The molecule has 0 radical (unpaired) electrons. The number of benzene rings is 1. The van der Waals surface area contributed by atoms with Crippen LogP contribution in [0.5, 0.6) is 5.75 Å². The summed E-state index contributed by atoms with van der Waals surface area (Å²) in [5, 5.41) is 11.4.